The van der Waals surface area contributed by atoms with Crippen molar-refractivity contribution >= 4 is 143 Å². The average molecular weight is 1330 g/mol. The molecule has 11 N–H and O–H groups in total. The average Bonchev–Trinajstić information content (AvgIpc) is 3.29. The Morgan fingerprint density at radius 2 is 0.747 bits per heavy atom. The number of anilines is 6. The van der Waals surface area contributed by atoms with Gasteiger partial charge in [-0.05, 0) is 95.7 Å². The zero-order chi connectivity index (χ0) is 52.9. The van der Waals surface area contributed by atoms with Gasteiger partial charge in [0.1, 0.15) is 32.5 Å². The Morgan fingerprint density at radius 3 is 1.08 bits per heavy atom. The summed E-state index contributed by atoms with van der Waals surface area (Å²) in [7, 11) is -20.2. The standard InChI is InChI=1S/C41H28Cl2N10O16S4.2Cu.4Na/c42-27-14-23(70(58,59)60)16-29(37(27)56)50-52-33-31(72(64,65)66)12-18-10-21(6-8-25(18)35(33)54)45-40-47-39(44-20-4-2-1-3-5-20)48-41(49-40)46-22-7-9-26-19(11-22)13-32(73(67,68)69)34(36(26)55)53-51-30-17-24(71(61,62)63)15-28(43)38(30)57;;;;;;/h1-17,54-57H,(H,58,59,60)(H,61,62,63)(H,64,65,66)(H,67,68,69)(H3,44,45,46,47,48,49);;;;;;/q;;;4*+1. The van der Waals surface area contributed by atoms with Crippen LogP contribution in [0.1, 0.15) is 0 Å². The second-order valence-corrected chi connectivity index (χ2v) is 21.3. The number of nitrogens with zero attached hydrogens (tertiary/aromatic N) is 7. The predicted octanol–water partition coefficient (Wildman–Crippen LogP) is -2.63. The zero-order valence-corrected chi connectivity index (χ0v) is 54.9. The summed E-state index contributed by atoms with van der Waals surface area (Å²) < 4.78 is 137. The van der Waals surface area contributed by atoms with E-state index in [1.807, 2.05) is 0 Å². The number of halogens is 2. The van der Waals surface area contributed by atoms with E-state index in [1.54, 1.807) is 30.3 Å². The van der Waals surface area contributed by atoms with Gasteiger partial charge in [0, 0.05) is 62.0 Å². The molecule has 0 saturated heterocycles. The number of azo groups is 2. The normalized spacial score (nSPS) is 11.6. The Bertz CT molecular complexity index is 3950. The van der Waals surface area contributed by atoms with E-state index in [2.05, 4.69) is 51.4 Å². The first-order chi connectivity index (χ1) is 34.1. The second kappa shape index (κ2) is 28.6. The molecule has 0 aliphatic rings. The molecule has 0 aliphatic heterocycles. The molecule has 2 radical (unpaired) electrons. The van der Waals surface area contributed by atoms with Gasteiger partial charge in [0.2, 0.25) is 17.8 Å². The zero-order valence-electron chi connectivity index (χ0n) is 40.3. The molecule has 0 unspecified atom stereocenters. The summed E-state index contributed by atoms with van der Waals surface area (Å²) in [6.07, 6.45) is 0. The molecule has 0 aliphatic carbocycles. The summed E-state index contributed by atoms with van der Waals surface area (Å²) in [5.41, 5.74) is -2.19. The minimum absolute atomic E-state index is 0. The molecule has 0 bridgehead atoms. The maximum absolute atomic E-state index is 12.6. The Hall–Kier alpha value is -2.87. The van der Waals surface area contributed by atoms with Gasteiger partial charge in [-0.25, -0.2) is 0 Å². The van der Waals surface area contributed by atoms with E-state index in [-0.39, 0.29) is 203 Å². The molecule has 0 amide bonds. The SMILES string of the molecule is O=S(=O)(O)c1cc(Cl)c(O)c(N=Nc2c(S(=O)(=O)O)cc3cc(Nc4nc(Nc5ccccc5)nc(Nc5ccc6c(O)c(N=Nc7cc(S(=O)(=O)O)cc(Cl)c7O)c(S(=O)(=O)O)cc6c5)n4)ccc3c2O)c1.[Cu].[Cu].[Na+].[Na+].[Na+].[Na+]. The molecule has 26 nitrogen and oxygen atoms in total. The molecule has 38 heteroatoms. The van der Waals surface area contributed by atoms with Gasteiger partial charge in [-0.2, -0.15) is 48.6 Å². The largest absolute Gasteiger partial charge is 1.00 e. The van der Waals surface area contributed by atoms with Crippen molar-refractivity contribution < 1.29 is 225 Å². The van der Waals surface area contributed by atoms with Crippen LogP contribution in [0.5, 0.6) is 23.0 Å². The van der Waals surface area contributed by atoms with Crippen molar-refractivity contribution in [2.24, 2.45) is 20.5 Å². The van der Waals surface area contributed by atoms with Crippen molar-refractivity contribution in [3.8, 4) is 23.0 Å². The van der Waals surface area contributed by atoms with Crippen LogP contribution >= 0.6 is 23.2 Å². The smallest absolute Gasteiger partial charge is 0.505 e. The molecule has 7 aromatic carbocycles. The maximum Gasteiger partial charge on any atom is 1.00 e. The molecule has 0 saturated carbocycles. The summed E-state index contributed by atoms with van der Waals surface area (Å²) in [4.78, 5) is 9.63. The monoisotopic (exact) mass is 1330 g/mol. The van der Waals surface area contributed by atoms with Gasteiger partial charge in [0.15, 0.2) is 23.0 Å². The second-order valence-electron chi connectivity index (χ2n) is 14.9. The number of nitrogens with one attached hydrogen (secondary N) is 3. The van der Waals surface area contributed by atoms with Crippen LogP contribution < -0.4 is 134 Å². The fourth-order valence-electron chi connectivity index (χ4n) is 6.68. The quantitative estimate of drug-likeness (QED) is 0.0301. The van der Waals surface area contributed by atoms with Crippen LogP contribution in [-0.2, 0) is 74.6 Å². The molecule has 1 aromatic heterocycles. The number of aromatic nitrogens is 3. The number of hydrogen-bond acceptors (Lipinski definition) is 22. The van der Waals surface area contributed by atoms with E-state index >= 15 is 0 Å². The summed E-state index contributed by atoms with van der Waals surface area (Å²) in [6, 6.07) is 21.2. The van der Waals surface area contributed by atoms with Gasteiger partial charge < -0.3 is 36.4 Å². The van der Waals surface area contributed by atoms with Gasteiger partial charge >= 0.3 is 118 Å². The molecule has 8 rings (SSSR count). The fourth-order valence-corrected chi connectivity index (χ4v) is 9.60. The van der Waals surface area contributed by atoms with Gasteiger partial charge in [0.25, 0.3) is 40.5 Å². The Balaban J connectivity index is 0.00000356. The number of rotatable bonds is 14. The van der Waals surface area contributed by atoms with Crippen molar-refractivity contribution in [2.75, 3.05) is 16.0 Å². The Kier molecular flexibility index (Phi) is 26.2. The summed E-state index contributed by atoms with van der Waals surface area (Å²) in [5, 5.41) is 65.3. The van der Waals surface area contributed by atoms with Crippen LogP contribution in [0.15, 0.2) is 143 Å². The summed E-state index contributed by atoms with van der Waals surface area (Å²) in [6.45, 7) is 0. The van der Waals surface area contributed by atoms with Crippen LogP contribution in [0.3, 0.4) is 0 Å². The van der Waals surface area contributed by atoms with Crippen LogP contribution in [-0.4, -0.2) is 87.3 Å². The van der Waals surface area contributed by atoms with Crippen molar-refractivity contribution in [2.45, 2.75) is 19.6 Å². The van der Waals surface area contributed by atoms with E-state index in [0.29, 0.717) is 30.0 Å². The third-order valence-electron chi connectivity index (χ3n) is 9.98. The summed E-state index contributed by atoms with van der Waals surface area (Å²) >= 11 is 11.7. The number of hydrogen-bond donors (Lipinski definition) is 11. The predicted molar refractivity (Wildman–Crippen MR) is 261 cm³/mol. The number of para-hydroxylation sites is 1. The minimum atomic E-state index is -5.20. The van der Waals surface area contributed by atoms with Crippen LogP contribution in [0.25, 0.3) is 21.5 Å². The van der Waals surface area contributed by atoms with Crippen LogP contribution in [0.2, 0.25) is 10.0 Å². The van der Waals surface area contributed by atoms with E-state index in [4.69, 9.17) is 23.2 Å². The van der Waals surface area contributed by atoms with Gasteiger partial charge in [-0.1, -0.05) is 41.4 Å². The van der Waals surface area contributed by atoms with E-state index in [1.165, 1.54) is 36.4 Å². The molecule has 0 spiro atoms. The number of fused-ring (bicyclic) bond motifs is 2. The van der Waals surface area contributed by atoms with Crippen molar-refractivity contribution in [1.82, 2.24) is 15.0 Å². The van der Waals surface area contributed by atoms with Crippen molar-refractivity contribution in [3.63, 3.8) is 0 Å². The molecule has 1 heterocycles. The third kappa shape index (κ3) is 17.1. The van der Waals surface area contributed by atoms with Crippen molar-refractivity contribution in [1.29, 1.82) is 0 Å². The Labute approximate surface area is 566 Å². The number of aromatic hydroxyl groups is 4. The van der Waals surface area contributed by atoms with Crippen LogP contribution in [0.4, 0.5) is 57.7 Å². The number of phenolic OH excluding ortho intramolecular Hbond substituents is 4. The minimum Gasteiger partial charge on any atom is -0.505 e. The number of benzene rings is 7. The maximum atomic E-state index is 12.6. The topological polar surface area (TPSA) is 423 Å². The van der Waals surface area contributed by atoms with Gasteiger partial charge in [-0.3, -0.25) is 18.2 Å². The molecule has 79 heavy (non-hydrogen) atoms. The van der Waals surface area contributed by atoms with E-state index in [0.717, 1.165) is 12.1 Å². The summed E-state index contributed by atoms with van der Waals surface area (Å²) in [5.74, 6) is -3.73. The van der Waals surface area contributed by atoms with E-state index < -0.39 is 116 Å². The van der Waals surface area contributed by atoms with Crippen molar-refractivity contribution in [3.05, 3.63) is 113 Å². The molecular formula is C41H28Cl2Cu2N10Na4O16S4+4. The Morgan fingerprint density at radius 1 is 0.405 bits per heavy atom. The van der Waals surface area contributed by atoms with Gasteiger partial charge in [-0.15, -0.1) is 20.5 Å². The van der Waals surface area contributed by atoms with Crippen LogP contribution in [0, 0.1) is 0 Å². The molecule has 8 aromatic rings. The van der Waals surface area contributed by atoms with E-state index in [9.17, 15) is 72.3 Å². The number of phenols is 4. The molecular weight excluding hydrogens is 1310 g/mol. The first-order valence-electron chi connectivity index (χ1n) is 19.6. The van der Waals surface area contributed by atoms with Gasteiger partial charge in [0.05, 0.1) is 19.8 Å². The molecule has 0 fully saturated rings. The molecule has 398 valence electrons. The first kappa shape index (κ1) is 72.2. The third-order valence-corrected chi connectivity index (χ3v) is 14.0. The molecule has 0 atom stereocenters. The fraction of sp³-hybridized carbons (Fsp3) is 0. The first-order valence-corrected chi connectivity index (χ1v) is 26.2.